The number of hydrogen-bond acceptors (Lipinski definition) is 5. The van der Waals surface area contributed by atoms with Gasteiger partial charge in [-0.2, -0.15) is 0 Å². The third-order valence-electron chi connectivity index (χ3n) is 6.27. The molecule has 1 fully saturated rings. The smallest absolute Gasteiger partial charge is 0.295 e. The number of amides is 1. The first-order valence-corrected chi connectivity index (χ1v) is 11.7. The second-order valence-corrected chi connectivity index (χ2v) is 9.60. The number of ether oxygens (including phenoxy) is 2. The van der Waals surface area contributed by atoms with Gasteiger partial charge in [-0.1, -0.05) is 52.0 Å². The lowest BCUT2D eigenvalue weighted by Crippen LogP contribution is -2.31. The largest absolute Gasteiger partial charge is 0.507 e. The molecule has 0 aromatic heterocycles. The van der Waals surface area contributed by atoms with E-state index in [1.165, 1.54) is 0 Å². The molecule has 2 aromatic carbocycles. The Morgan fingerprint density at radius 1 is 1.06 bits per heavy atom. The van der Waals surface area contributed by atoms with Gasteiger partial charge in [0, 0.05) is 31.4 Å². The van der Waals surface area contributed by atoms with E-state index in [-0.39, 0.29) is 16.7 Å². The monoisotopic (exact) mass is 465 g/mol. The molecule has 1 aliphatic heterocycles. The van der Waals surface area contributed by atoms with E-state index in [1.807, 2.05) is 30.3 Å². The number of ketones is 1. The third kappa shape index (κ3) is 5.02. The Kier molecular flexibility index (Phi) is 7.82. The molecule has 1 N–H and O–H groups in total. The Labute approximate surface area is 202 Å². The Balaban J connectivity index is 2.17. The first kappa shape index (κ1) is 25.5. The van der Waals surface area contributed by atoms with E-state index < -0.39 is 17.7 Å². The van der Waals surface area contributed by atoms with Crippen molar-refractivity contribution < 1.29 is 24.2 Å². The van der Waals surface area contributed by atoms with Crippen molar-refractivity contribution in [3.63, 3.8) is 0 Å². The molecule has 2 aromatic rings. The minimum Gasteiger partial charge on any atom is -0.507 e. The summed E-state index contributed by atoms with van der Waals surface area (Å²) in [6, 6.07) is 12.5. The summed E-state index contributed by atoms with van der Waals surface area (Å²) in [5, 5.41) is 11.4. The normalized spacial score (nSPS) is 17.9. The number of nitrogens with zero attached hydrogens (tertiary/aromatic N) is 1. The zero-order valence-corrected chi connectivity index (χ0v) is 21.0. The molecule has 6 heteroatoms. The van der Waals surface area contributed by atoms with E-state index in [0.717, 1.165) is 23.1 Å². The van der Waals surface area contributed by atoms with Crippen LogP contribution in [-0.2, 0) is 26.2 Å². The molecular formula is C28H35NO5. The molecule has 6 nitrogen and oxygen atoms in total. The fraction of sp³-hybridized carbons (Fsp3) is 0.429. The Bertz CT molecular complexity index is 1080. The fourth-order valence-electron chi connectivity index (χ4n) is 4.37. The van der Waals surface area contributed by atoms with Crippen LogP contribution >= 0.6 is 0 Å². The van der Waals surface area contributed by atoms with Crippen molar-refractivity contribution in [1.82, 2.24) is 4.90 Å². The molecule has 1 aliphatic rings. The standard InChI is InChI=1S/C28H35NO5/c1-7-18-9-11-19(12-10-18)24-23(26(31)27(32)29(24)15-8-16-33-5)25(30)20-13-14-22(34-6)21(17-20)28(2,3)4/h9-14,17,24,30H,7-8,15-16H2,1-6H3/b25-23-. The molecule has 1 amide bonds. The van der Waals surface area contributed by atoms with Crippen LogP contribution < -0.4 is 4.74 Å². The first-order chi connectivity index (χ1) is 16.1. The molecule has 1 unspecified atom stereocenters. The van der Waals surface area contributed by atoms with Gasteiger partial charge in [0.2, 0.25) is 0 Å². The van der Waals surface area contributed by atoms with Crippen LogP contribution in [0.2, 0.25) is 0 Å². The Morgan fingerprint density at radius 3 is 2.29 bits per heavy atom. The van der Waals surface area contributed by atoms with Gasteiger partial charge >= 0.3 is 0 Å². The van der Waals surface area contributed by atoms with Crippen molar-refractivity contribution in [3.8, 4) is 5.75 Å². The van der Waals surface area contributed by atoms with Gasteiger partial charge in [0.15, 0.2) is 0 Å². The number of hydrogen-bond donors (Lipinski definition) is 1. The summed E-state index contributed by atoms with van der Waals surface area (Å²) in [5.41, 5.74) is 3.19. The molecule has 0 bridgehead atoms. The number of likely N-dealkylation sites (tertiary alicyclic amines) is 1. The number of Topliss-reactive ketones (excluding diaryl/α,β-unsaturated/α-hetero) is 1. The molecule has 0 aliphatic carbocycles. The van der Waals surface area contributed by atoms with Crippen molar-refractivity contribution in [2.75, 3.05) is 27.4 Å². The van der Waals surface area contributed by atoms with Crippen LogP contribution in [0.25, 0.3) is 5.76 Å². The number of benzene rings is 2. The molecule has 1 saturated heterocycles. The highest BCUT2D eigenvalue weighted by atomic mass is 16.5. The lowest BCUT2D eigenvalue weighted by atomic mass is 9.84. The SMILES string of the molecule is CCc1ccc(C2/C(=C(/O)c3ccc(OC)c(C(C)(C)C)c3)C(=O)C(=O)N2CCCOC)cc1. The van der Waals surface area contributed by atoms with Crippen LogP contribution in [0, 0.1) is 0 Å². The lowest BCUT2D eigenvalue weighted by molar-refractivity contribution is -0.140. The van der Waals surface area contributed by atoms with Gasteiger partial charge < -0.3 is 19.5 Å². The highest BCUT2D eigenvalue weighted by Crippen LogP contribution is 2.41. The second-order valence-electron chi connectivity index (χ2n) is 9.60. The van der Waals surface area contributed by atoms with Gasteiger partial charge in [-0.15, -0.1) is 0 Å². The Hall–Kier alpha value is -3.12. The van der Waals surface area contributed by atoms with Crippen LogP contribution in [0.3, 0.4) is 0 Å². The maximum atomic E-state index is 13.2. The molecule has 34 heavy (non-hydrogen) atoms. The minimum atomic E-state index is -0.674. The molecule has 1 heterocycles. The number of methoxy groups -OCH3 is 2. The van der Waals surface area contributed by atoms with E-state index in [4.69, 9.17) is 9.47 Å². The molecular weight excluding hydrogens is 430 g/mol. The average Bonchev–Trinajstić information content (AvgIpc) is 3.07. The quantitative estimate of drug-likeness (QED) is 0.257. The zero-order chi connectivity index (χ0) is 25.0. The Morgan fingerprint density at radius 2 is 1.74 bits per heavy atom. The van der Waals surface area contributed by atoms with Crippen molar-refractivity contribution >= 4 is 17.4 Å². The number of aliphatic hydroxyl groups excluding tert-OH is 1. The molecule has 0 radical (unpaired) electrons. The van der Waals surface area contributed by atoms with E-state index in [0.29, 0.717) is 30.9 Å². The molecule has 3 rings (SSSR count). The van der Waals surface area contributed by atoms with Gasteiger partial charge in [-0.3, -0.25) is 9.59 Å². The first-order valence-electron chi connectivity index (χ1n) is 11.7. The minimum absolute atomic E-state index is 0.108. The number of aryl methyl sites for hydroxylation is 1. The van der Waals surface area contributed by atoms with Crippen molar-refractivity contribution in [3.05, 3.63) is 70.3 Å². The zero-order valence-electron chi connectivity index (χ0n) is 21.0. The maximum absolute atomic E-state index is 13.2. The number of aliphatic hydroxyl groups is 1. The van der Waals surface area contributed by atoms with Crippen molar-refractivity contribution in [2.24, 2.45) is 0 Å². The van der Waals surface area contributed by atoms with Crippen molar-refractivity contribution in [1.29, 1.82) is 0 Å². The molecule has 0 saturated carbocycles. The third-order valence-corrected chi connectivity index (χ3v) is 6.27. The van der Waals surface area contributed by atoms with E-state index in [2.05, 4.69) is 27.7 Å². The van der Waals surface area contributed by atoms with E-state index >= 15 is 0 Å². The van der Waals surface area contributed by atoms with Crippen LogP contribution in [-0.4, -0.2) is 49.1 Å². The molecule has 0 spiro atoms. The highest BCUT2D eigenvalue weighted by molar-refractivity contribution is 6.46. The number of carbonyl (C=O) groups is 2. The number of carbonyl (C=O) groups excluding carboxylic acids is 2. The molecule has 182 valence electrons. The molecule has 1 atom stereocenters. The van der Waals surface area contributed by atoms with Crippen LogP contribution in [0.4, 0.5) is 0 Å². The second kappa shape index (κ2) is 10.4. The number of rotatable bonds is 8. The summed E-state index contributed by atoms with van der Waals surface area (Å²) in [5.74, 6) is -0.750. The lowest BCUT2D eigenvalue weighted by Gasteiger charge is -2.26. The van der Waals surface area contributed by atoms with E-state index in [9.17, 15) is 14.7 Å². The van der Waals surface area contributed by atoms with Gasteiger partial charge in [0.1, 0.15) is 11.5 Å². The van der Waals surface area contributed by atoms with Crippen LogP contribution in [0.15, 0.2) is 48.0 Å². The van der Waals surface area contributed by atoms with E-state index in [1.54, 1.807) is 31.3 Å². The summed E-state index contributed by atoms with van der Waals surface area (Å²) in [6.45, 7) is 9.06. The summed E-state index contributed by atoms with van der Waals surface area (Å²) in [4.78, 5) is 27.8. The van der Waals surface area contributed by atoms with Gasteiger partial charge in [0.25, 0.3) is 11.7 Å². The van der Waals surface area contributed by atoms with Crippen LogP contribution in [0.5, 0.6) is 5.75 Å². The predicted molar refractivity (Wildman–Crippen MR) is 133 cm³/mol. The predicted octanol–water partition coefficient (Wildman–Crippen LogP) is 5.01. The maximum Gasteiger partial charge on any atom is 0.295 e. The summed E-state index contributed by atoms with van der Waals surface area (Å²) < 4.78 is 10.7. The van der Waals surface area contributed by atoms with Gasteiger partial charge in [-0.25, -0.2) is 0 Å². The van der Waals surface area contributed by atoms with Crippen molar-refractivity contribution in [2.45, 2.75) is 52.0 Å². The van der Waals surface area contributed by atoms with Crippen LogP contribution in [0.1, 0.15) is 62.4 Å². The summed E-state index contributed by atoms with van der Waals surface area (Å²) in [7, 11) is 3.21. The fourth-order valence-corrected chi connectivity index (χ4v) is 4.37. The highest BCUT2D eigenvalue weighted by Gasteiger charge is 2.45. The van der Waals surface area contributed by atoms with Gasteiger partial charge in [-0.05, 0) is 47.6 Å². The van der Waals surface area contributed by atoms with Gasteiger partial charge in [0.05, 0.1) is 18.7 Å². The summed E-state index contributed by atoms with van der Waals surface area (Å²) in [6.07, 6.45) is 1.47. The topological polar surface area (TPSA) is 76.1 Å². The average molecular weight is 466 g/mol. The summed E-state index contributed by atoms with van der Waals surface area (Å²) >= 11 is 0.